The molecule has 0 amide bonds. The molecular weight excluding hydrogens is 204 g/mol. The second-order valence-electron chi connectivity index (χ2n) is 2.83. The number of carbonyl (C=O) groups excluding carboxylic acids is 1. The van der Waals surface area contributed by atoms with E-state index in [2.05, 4.69) is 4.98 Å². The normalized spacial score (nSPS) is 10.4. The molecule has 0 fully saturated rings. The lowest BCUT2D eigenvalue weighted by atomic mass is 10.4. The Bertz CT molecular complexity index is 323. The second-order valence-corrected chi connectivity index (χ2v) is 3.72. The number of aromatic nitrogens is 1. The number of rotatable bonds is 5. The molecule has 0 bridgehead atoms. The Morgan fingerprint density at radius 1 is 1.57 bits per heavy atom. The van der Waals surface area contributed by atoms with E-state index in [0.29, 0.717) is 5.01 Å². The molecule has 1 heterocycles. The molecule has 0 aliphatic rings. The fraction of sp³-hybridized carbons (Fsp3) is 0.375. The molecule has 6 heteroatoms. The van der Waals surface area contributed by atoms with Crippen molar-refractivity contribution in [1.29, 1.82) is 0 Å². The molecule has 1 N–H and O–H groups in total. The molecule has 0 spiro atoms. The number of thiazole rings is 1. The van der Waals surface area contributed by atoms with Gasteiger partial charge in [0.05, 0.1) is 13.1 Å². The minimum absolute atomic E-state index is 0.0831. The Balaban J connectivity index is 2.45. The van der Waals surface area contributed by atoms with E-state index >= 15 is 0 Å². The molecule has 1 rings (SSSR count). The Labute approximate surface area is 85.0 Å². The van der Waals surface area contributed by atoms with Crippen molar-refractivity contribution in [2.45, 2.75) is 0 Å². The van der Waals surface area contributed by atoms with Crippen molar-refractivity contribution in [3.05, 3.63) is 16.6 Å². The van der Waals surface area contributed by atoms with E-state index in [9.17, 15) is 9.59 Å². The highest BCUT2D eigenvalue weighted by atomic mass is 32.1. The lowest BCUT2D eigenvalue weighted by Crippen LogP contribution is -2.30. The average molecular weight is 214 g/mol. The van der Waals surface area contributed by atoms with Crippen molar-refractivity contribution >= 4 is 23.1 Å². The maximum Gasteiger partial charge on any atom is 0.317 e. The fourth-order valence-corrected chi connectivity index (χ4v) is 1.53. The summed E-state index contributed by atoms with van der Waals surface area (Å²) in [6, 6.07) is 0. The largest absolute Gasteiger partial charge is 0.480 e. The van der Waals surface area contributed by atoms with Crippen LogP contribution in [-0.2, 0) is 4.79 Å². The van der Waals surface area contributed by atoms with Gasteiger partial charge >= 0.3 is 5.97 Å². The number of carboxylic acids is 1. The summed E-state index contributed by atoms with van der Waals surface area (Å²) in [6.45, 7) is -0.0586. The fourth-order valence-electron chi connectivity index (χ4n) is 0.961. The number of hydrogen-bond acceptors (Lipinski definition) is 5. The first-order chi connectivity index (χ1) is 6.59. The zero-order valence-corrected chi connectivity index (χ0v) is 8.45. The van der Waals surface area contributed by atoms with E-state index < -0.39 is 5.97 Å². The van der Waals surface area contributed by atoms with Crippen molar-refractivity contribution in [1.82, 2.24) is 9.88 Å². The van der Waals surface area contributed by atoms with Crippen molar-refractivity contribution in [2.75, 3.05) is 20.1 Å². The number of aliphatic carboxylic acids is 1. The lowest BCUT2D eigenvalue weighted by Gasteiger charge is -2.10. The zero-order valence-electron chi connectivity index (χ0n) is 7.64. The Morgan fingerprint density at radius 3 is 2.79 bits per heavy atom. The first kappa shape index (κ1) is 10.8. The van der Waals surface area contributed by atoms with Crippen LogP contribution in [0.1, 0.15) is 9.80 Å². The molecule has 0 saturated heterocycles. The van der Waals surface area contributed by atoms with Crippen LogP contribution in [0.15, 0.2) is 11.6 Å². The van der Waals surface area contributed by atoms with Crippen LogP contribution in [0.2, 0.25) is 0 Å². The molecule has 76 valence electrons. The lowest BCUT2D eigenvalue weighted by molar-refractivity contribution is -0.137. The highest BCUT2D eigenvalue weighted by Gasteiger charge is 2.13. The van der Waals surface area contributed by atoms with Crippen molar-refractivity contribution in [3.63, 3.8) is 0 Å². The highest BCUT2D eigenvalue weighted by molar-refractivity contribution is 7.11. The third-order valence-electron chi connectivity index (χ3n) is 1.49. The summed E-state index contributed by atoms with van der Waals surface area (Å²) in [5.74, 6) is -1.09. The Hall–Kier alpha value is -1.27. The van der Waals surface area contributed by atoms with Crippen LogP contribution in [0, 0.1) is 0 Å². The number of carboxylic acid groups (broad SMARTS) is 1. The van der Waals surface area contributed by atoms with Crippen LogP contribution in [0.5, 0.6) is 0 Å². The smallest absolute Gasteiger partial charge is 0.317 e. The molecule has 0 aliphatic heterocycles. The molecule has 14 heavy (non-hydrogen) atoms. The number of ketones is 1. The summed E-state index contributed by atoms with van der Waals surface area (Å²) in [7, 11) is 1.58. The van der Waals surface area contributed by atoms with Gasteiger partial charge in [0.2, 0.25) is 5.78 Å². The Kier molecular flexibility index (Phi) is 3.73. The van der Waals surface area contributed by atoms with Gasteiger partial charge in [0.1, 0.15) is 0 Å². The number of Topliss-reactive ketones (excluding diaryl/α,β-unsaturated/α-hetero) is 1. The third kappa shape index (κ3) is 3.23. The number of nitrogens with zero attached hydrogens (tertiary/aromatic N) is 2. The van der Waals surface area contributed by atoms with E-state index in [0.717, 1.165) is 0 Å². The summed E-state index contributed by atoms with van der Waals surface area (Å²) >= 11 is 1.26. The molecule has 1 aromatic heterocycles. The third-order valence-corrected chi connectivity index (χ3v) is 2.30. The van der Waals surface area contributed by atoms with Crippen LogP contribution in [0.25, 0.3) is 0 Å². The van der Waals surface area contributed by atoms with Crippen LogP contribution in [-0.4, -0.2) is 46.9 Å². The van der Waals surface area contributed by atoms with Gasteiger partial charge in [-0.25, -0.2) is 4.98 Å². The summed E-state index contributed by atoms with van der Waals surface area (Å²) in [6.07, 6.45) is 1.55. The van der Waals surface area contributed by atoms with Crippen LogP contribution >= 0.6 is 11.3 Å². The van der Waals surface area contributed by atoms with E-state index in [1.807, 2.05) is 0 Å². The van der Waals surface area contributed by atoms with Gasteiger partial charge in [-0.2, -0.15) is 0 Å². The topological polar surface area (TPSA) is 70.5 Å². The summed E-state index contributed by atoms with van der Waals surface area (Å²) in [5.41, 5.74) is 0. The van der Waals surface area contributed by atoms with E-state index in [1.54, 1.807) is 18.6 Å². The predicted molar refractivity (Wildman–Crippen MR) is 51.6 cm³/mol. The van der Waals surface area contributed by atoms with Gasteiger partial charge in [-0.1, -0.05) is 0 Å². The first-order valence-corrected chi connectivity index (χ1v) is 4.80. The monoisotopic (exact) mass is 214 g/mol. The van der Waals surface area contributed by atoms with Gasteiger partial charge in [0, 0.05) is 11.6 Å². The molecule has 1 aromatic rings. The van der Waals surface area contributed by atoms with Crippen molar-refractivity contribution in [3.8, 4) is 0 Å². The molecule has 5 nitrogen and oxygen atoms in total. The summed E-state index contributed by atoms with van der Waals surface area (Å²) in [5, 5.41) is 10.6. The van der Waals surface area contributed by atoms with E-state index in [4.69, 9.17) is 5.11 Å². The number of hydrogen-bond donors (Lipinski definition) is 1. The minimum atomic E-state index is -0.945. The van der Waals surface area contributed by atoms with Gasteiger partial charge in [0.25, 0.3) is 0 Å². The highest BCUT2D eigenvalue weighted by Crippen LogP contribution is 2.05. The molecule has 0 aromatic carbocycles. The van der Waals surface area contributed by atoms with Gasteiger partial charge in [-0.3, -0.25) is 14.5 Å². The van der Waals surface area contributed by atoms with E-state index in [-0.39, 0.29) is 18.9 Å². The number of carbonyl (C=O) groups is 2. The Morgan fingerprint density at radius 2 is 2.29 bits per heavy atom. The molecule has 0 aliphatic carbocycles. The van der Waals surface area contributed by atoms with Crippen LogP contribution in [0.3, 0.4) is 0 Å². The predicted octanol–water partition coefficient (Wildman–Crippen LogP) is 0.342. The maximum absolute atomic E-state index is 11.4. The second kappa shape index (κ2) is 4.83. The van der Waals surface area contributed by atoms with Crippen molar-refractivity contribution < 1.29 is 14.7 Å². The van der Waals surface area contributed by atoms with Gasteiger partial charge in [-0.05, 0) is 7.05 Å². The van der Waals surface area contributed by atoms with E-state index in [1.165, 1.54) is 16.2 Å². The quantitative estimate of drug-likeness (QED) is 0.716. The SMILES string of the molecule is CN(CC(=O)O)CC(=O)c1nccs1. The van der Waals surface area contributed by atoms with Gasteiger partial charge in [-0.15, -0.1) is 11.3 Å². The minimum Gasteiger partial charge on any atom is -0.480 e. The number of likely N-dealkylation sites (N-methyl/N-ethyl adjacent to an activating group) is 1. The van der Waals surface area contributed by atoms with Crippen LogP contribution < -0.4 is 0 Å². The van der Waals surface area contributed by atoms with Crippen molar-refractivity contribution in [2.24, 2.45) is 0 Å². The molecule has 0 radical (unpaired) electrons. The summed E-state index contributed by atoms with van der Waals surface area (Å²) in [4.78, 5) is 27.0. The molecule has 0 atom stereocenters. The summed E-state index contributed by atoms with van der Waals surface area (Å²) < 4.78 is 0. The zero-order chi connectivity index (χ0) is 10.6. The van der Waals surface area contributed by atoms with Gasteiger partial charge < -0.3 is 5.11 Å². The first-order valence-electron chi connectivity index (χ1n) is 3.92. The molecule has 0 unspecified atom stereocenters. The maximum atomic E-state index is 11.4. The van der Waals surface area contributed by atoms with Crippen LogP contribution in [0.4, 0.5) is 0 Å². The molecule has 0 saturated carbocycles. The standard InChI is InChI=1S/C8H10N2O3S/c1-10(5-7(12)13)4-6(11)8-9-2-3-14-8/h2-3H,4-5H2,1H3,(H,12,13). The average Bonchev–Trinajstić information content (AvgIpc) is 2.53. The van der Waals surface area contributed by atoms with Gasteiger partial charge in [0.15, 0.2) is 5.01 Å². The molecular formula is C8H10N2O3S.